The fourth-order valence-corrected chi connectivity index (χ4v) is 3.40. The monoisotopic (exact) mass is 353 g/mol. The van der Waals surface area contributed by atoms with Crippen molar-refractivity contribution < 1.29 is 9.72 Å². The Morgan fingerprint density at radius 3 is 2.54 bits per heavy atom. The van der Waals surface area contributed by atoms with Gasteiger partial charge in [0.15, 0.2) is 0 Å². The zero-order valence-corrected chi connectivity index (χ0v) is 14.9. The van der Waals surface area contributed by atoms with Gasteiger partial charge in [-0.2, -0.15) is 0 Å². The summed E-state index contributed by atoms with van der Waals surface area (Å²) < 4.78 is 0. The first-order valence-corrected chi connectivity index (χ1v) is 8.86. The van der Waals surface area contributed by atoms with Crippen LogP contribution in [0.25, 0.3) is 0 Å². The number of nitrogens with zero attached hydrogens (tertiary/aromatic N) is 3. The lowest BCUT2D eigenvalue weighted by atomic mass is 10.1. The second kappa shape index (κ2) is 8.10. The van der Waals surface area contributed by atoms with E-state index in [1.54, 1.807) is 19.1 Å². The highest BCUT2D eigenvalue weighted by atomic mass is 16.6. The van der Waals surface area contributed by atoms with Crippen LogP contribution in [0.2, 0.25) is 0 Å². The van der Waals surface area contributed by atoms with Gasteiger partial charge < -0.3 is 4.90 Å². The predicted octanol–water partition coefficient (Wildman–Crippen LogP) is 3.25. The lowest BCUT2D eigenvalue weighted by Gasteiger charge is -2.22. The topological polar surface area (TPSA) is 66.7 Å². The highest BCUT2D eigenvalue weighted by molar-refractivity contribution is 5.96. The molecule has 0 aromatic heterocycles. The molecule has 0 unspecified atom stereocenters. The molecule has 1 heterocycles. The maximum absolute atomic E-state index is 12.9. The molecule has 0 N–H and O–H groups in total. The first-order valence-electron chi connectivity index (χ1n) is 8.86. The van der Waals surface area contributed by atoms with Crippen LogP contribution in [0.1, 0.15) is 27.9 Å². The molecule has 136 valence electrons. The Morgan fingerprint density at radius 1 is 1.04 bits per heavy atom. The van der Waals surface area contributed by atoms with Gasteiger partial charge in [-0.15, -0.1) is 0 Å². The van der Waals surface area contributed by atoms with Crippen LogP contribution in [-0.4, -0.2) is 46.8 Å². The van der Waals surface area contributed by atoms with Crippen molar-refractivity contribution in [2.75, 3.05) is 26.2 Å². The summed E-state index contributed by atoms with van der Waals surface area (Å²) in [6.45, 7) is 5.56. The summed E-state index contributed by atoms with van der Waals surface area (Å²) in [4.78, 5) is 27.7. The van der Waals surface area contributed by atoms with Gasteiger partial charge in [-0.05, 0) is 25.0 Å². The molecule has 1 saturated heterocycles. The SMILES string of the molecule is Cc1c(C(=O)N2CCCN(Cc3ccccc3)CC2)cccc1[N+](=O)[O-]. The summed E-state index contributed by atoms with van der Waals surface area (Å²) in [7, 11) is 0. The van der Waals surface area contributed by atoms with Crippen LogP contribution in [0, 0.1) is 17.0 Å². The second-order valence-corrected chi connectivity index (χ2v) is 6.61. The molecule has 1 aliphatic heterocycles. The summed E-state index contributed by atoms with van der Waals surface area (Å²) in [5.74, 6) is -0.118. The van der Waals surface area contributed by atoms with Crippen LogP contribution in [-0.2, 0) is 6.54 Å². The minimum absolute atomic E-state index is 0.00336. The van der Waals surface area contributed by atoms with Gasteiger partial charge in [0.25, 0.3) is 11.6 Å². The van der Waals surface area contributed by atoms with Gasteiger partial charge in [-0.25, -0.2) is 0 Å². The molecule has 1 amide bonds. The summed E-state index contributed by atoms with van der Waals surface area (Å²) in [5, 5.41) is 11.1. The summed E-state index contributed by atoms with van der Waals surface area (Å²) in [6, 6.07) is 15.0. The molecule has 0 bridgehead atoms. The number of nitro benzene ring substituents is 1. The van der Waals surface area contributed by atoms with Crippen molar-refractivity contribution in [2.24, 2.45) is 0 Å². The average Bonchev–Trinajstić information content (AvgIpc) is 2.87. The molecule has 6 nitrogen and oxygen atoms in total. The van der Waals surface area contributed by atoms with Crippen molar-refractivity contribution in [3.8, 4) is 0 Å². The highest BCUT2D eigenvalue weighted by Gasteiger charge is 2.24. The second-order valence-electron chi connectivity index (χ2n) is 6.61. The van der Waals surface area contributed by atoms with Crippen LogP contribution in [0.15, 0.2) is 48.5 Å². The van der Waals surface area contributed by atoms with Crippen LogP contribution in [0.3, 0.4) is 0 Å². The Bertz CT molecular complexity index is 792. The molecule has 0 aliphatic carbocycles. The summed E-state index contributed by atoms with van der Waals surface area (Å²) >= 11 is 0. The van der Waals surface area contributed by atoms with Crippen LogP contribution in [0.5, 0.6) is 0 Å². The maximum Gasteiger partial charge on any atom is 0.273 e. The zero-order valence-electron chi connectivity index (χ0n) is 14.9. The molecule has 0 radical (unpaired) electrons. The van der Waals surface area contributed by atoms with E-state index in [1.807, 2.05) is 23.1 Å². The third-order valence-electron chi connectivity index (χ3n) is 4.86. The minimum Gasteiger partial charge on any atom is -0.337 e. The number of benzene rings is 2. The van der Waals surface area contributed by atoms with Gasteiger partial charge in [0, 0.05) is 49.9 Å². The number of nitro groups is 1. The standard InChI is InChI=1S/C20H23N3O3/c1-16-18(9-5-10-19(16)23(25)26)20(24)22-12-6-11-21(13-14-22)15-17-7-3-2-4-8-17/h2-5,7-10H,6,11-15H2,1H3. The van der Waals surface area contributed by atoms with Gasteiger partial charge >= 0.3 is 0 Å². The third-order valence-corrected chi connectivity index (χ3v) is 4.86. The molecule has 3 rings (SSSR count). The Labute approximate surface area is 153 Å². The van der Waals surface area contributed by atoms with Crippen LogP contribution < -0.4 is 0 Å². The first kappa shape index (κ1) is 18.1. The highest BCUT2D eigenvalue weighted by Crippen LogP contribution is 2.23. The van der Waals surface area contributed by atoms with Crippen LogP contribution in [0.4, 0.5) is 5.69 Å². The number of carbonyl (C=O) groups excluding carboxylic acids is 1. The largest absolute Gasteiger partial charge is 0.337 e. The minimum atomic E-state index is -0.434. The van der Waals surface area contributed by atoms with Crippen LogP contribution >= 0.6 is 0 Å². The number of hydrogen-bond acceptors (Lipinski definition) is 4. The Balaban J connectivity index is 1.68. The van der Waals surface area contributed by atoms with E-state index >= 15 is 0 Å². The van der Waals surface area contributed by atoms with Crippen molar-refractivity contribution >= 4 is 11.6 Å². The molecule has 2 aromatic rings. The molecule has 1 aliphatic rings. The predicted molar refractivity (Wildman–Crippen MR) is 100 cm³/mol. The number of amides is 1. The molecular formula is C20H23N3O3. The lowest BCUT2D eigenvalue weighted by molar-refractivity contribution is -0.385. The van der Waals surface area contributed by atoms with E-state index in [0.29, 0.717) is 24.2 Å². The van der Waals surface area contributed by atoms with E-state index in [4.69, 9.17) is 0 Å². The summed E-state index contributed by atoms with van der Waals surface area (Å²) in [5.41, 5.74) is 2.13. The molecule has 0 atom stereocenters. The molecule has 26 heavy (non-hydrogen) atoms. The Kier molecular flexibility index (Phi) is 5.63. The maximum atomic E-state index is 12.9. The van der Waals surface area contributed by atoms with Gasteiger partial charge in [-0.1, -0.05) is 36.4 Å². The third kappa shape index (κ3) is 4.08. The Hall–Kier alpha value is -2.73. The van der Waals surface area contributed by atoms with Crippen molar-refractivity contribution in [3.63, 3.8) is 0 Å². The molecule has 0 spiro atoms. The average molecular weight is 353 g/mol. The number of rotatable bonds is 4. The number of hydrogen-bond donors (Lipinski definition) is 0. The van der Waals surface area contributed by atoms with Gasteiger partial charge in [0.2, 0.25) is 0 Å². The van der Waals surface area contributed by atoms with Crippen molar-refractivity contribution in [1.82, 2.24) is 9.80 Å². The van der Waals surface area contributed by atoms with Gasteiger partial charge in [0.05, 0.1) is 4.92 Å². The number of carbonyl (C=O) groups is 1. The van der Waals surface area contributed by atoms with E-state index in [2.05, 4.69) is 17.0 Å². The van der Waals surface area contributed by atoms with E-state index in [1.165, 1.54) is 11.6 Å². The first-order chi connectivity index (χ1) is 12.6. The quantitative estimate of drug-likeness (QED) is 0.625. The fraction of sp³-hybridized carbons (Fsp3) is 0.350. The van der Waals surface area contributed by atoms with Crippen molar-refractivity contribution in [3.05, 3.63) is 75.3 Å². The Morgan fingerprint density at radius 2 is 1.81 bits per heavy atom. The normalized spacial score (nSPS) is 15.5. The molecule has 1 fully saturated rings. The fourth-order valence-electron chi connectivity index (χ4n) is 3.40. The molecule has 6 heteroatoms. The summed E-state index contributed by atoms with van der Waals surface area (Å²) in [6.07, 6.45) is 0.895. The van der Waals surface area contributed by atoms with Crippen molar-refractivity contribution in [2.45, 2.75) is 19.9 Å². The smallest absolute Gasteiger partial charge is 0.273 e. The van der Waals surface area contributed by atoms with E-state index in [0.717, 1.165) is 26.1 Å². The van der Waals surface area contributed by atoms with Crippen molar-refractivity contribution in [1.29, 1.82) is 0 Å². The van der Waals surface area contributed by atoms with E-state index in [9.17, 15) is 14.9 Å². The lowest BCUT2D eigenvalue weighted by Crippen LogP contribution is -2.35. The van der Waals surface area contributed by atoms with Gasteiger partial charge in [-0.3, -0.25) is 19.8 Å². The molecular weight excluding hydrogens is 330 g/mol. The van der Waals surface area contributed by atoms with E-state index < -0.39 is 4.92 Å². The van der Waals surface area contributed by atoms with E-state index in [-0.39, 0.29) is 11.6 Å². The molecule has 0 saturated carbocycles. The zero-order chi connectivity index (χ0) is 18.5. The molecule has 2 aromatic carbocycles. The van der Waals surface area contributed by atoms with Gasteiger partial charge in [0.1, 0.15) is 0 Å².